The zero-order chi connectivity index (χ0) is 25.2. The number of rotatable bonds is 0. The van der Waals surface area contributed by atoms with E-state index in [1.807, 2.05) is 0 Å². The van der Waals surface area contributed by atoms with Gasteiger partial charge in [-0.3, -0.25) is 0 Å². The quantitative estimate of drug-likeness (QED) is 0.163. The van der Waals surface area contributed by atoms with Crippen molar-refractivity contribution in [1.29, 1.82) is 0 Å². The summed E-state index contributed by atoms with van der Waals surface area (Å²) in [5.74, 6) is 0. The number of para-hydroxylation sites is 2. The average Bonchev–Trinajstić information content (AvgIpc) is 3.66. The van der Waals surface area contributed by atoms with Crippen molar-refractivity contribution in [3.63, 3.8) is 0 Å². The number of hydrogen-bond donors (Lipinski definition) is 0. The van der Waals surface area contributed by atoms with Gasteiger partial charge < -0.3 is 0 Å². The molecule has 9 aromatic rings. The topological polar surface area (TPSA) is 4.41 Å². The summed E-state index contributed by atoms with van der Waals surface area (Å²) in [6.07, 6.45) is 1.000. The maximum atomic E-state index is 2.57. The zero-order valence-electron chi connectivity index (χ0n) is 21.0. The number of fused-ring (bicyclic) bond motifs is 11. The van der Waals surface area contributed by atoms with Crippen LogP contribution >= 0.6 is 0 Å². The summed E-state index contributed by atoms with van der Waals surface area (Å²) >= 11 is 0.338. The van der Waals surface area contributed by atoms with Crippen LogP contribution in [0.4, 0.5) is 0 Å². The van der Waals surface area contributed by atoms with Gasteiger partial charge in [-0.15, -0.1) is 0 Å². The maximum absolute atomic E-state index is 2.57. The van der Waals surface area contributed by atoms with Gasteiger partial charge in [0.1, 0.15) is 0 Å². The average molecular weight is 559 g/mol. The standard InChI is InChI=1S/C37H21NSe/c1-3-16-29-23(10-1)24-12-5-8-21-20-22-9-6-13-25(34(22)33(21)24)26-14-7-15-28-35-30(38(29)37(26)28)18-19-32-36(35)27-11-2-4-17-31(27)39-32/h1-19H,20H2. The molecule has 39 heavy (non-hydrogen) atoms. The Balaban J connectivity index is 1.66. The summed E-state index contributed by atoms with van der Waals surface area (Å²) in [5.41, 5.74) is 6.75. The van der Waals surface area contributed by atoms with Gasteiger partial charge in [-0.2, -0.15) is 0 Å². The van der Waals surface area contributed by atoms with E-state index in [9.17, 15) is 0 Å². The third kappa shape index (κ3) is 2.48. The molecule has 3 aromatic heterocycles. The Kier molecular flexibility index (Phi) is 3.79. The molecule has 0 fully saturated rings. The predicted molar refractivity (Wildman–Crippen MR) is 168 cm³/mol. The van der Waals surface area contributed by atoms with Gasteiger partial charge in [-0.1, -0.05) is 0 Å². The fourth-order valence-electron chi connectivity index (χ4n) is 7.47. The first-order valence-corrected chi connectivity index (χ1v) is 15.3. The van der Waals surface area contributed by atoms with E-state index in [2.05, 4.69) is 120 Å². The molecule has 2 heteroatoms. The number of nitrogens with zero attached hydrogens (tertiary/aromatic N) is 1. The van der Waals surface area contributed by atoms with Crippen LogP contribution in [-0.4, -0.2) is 18.9 Å². The normalized spacial score (nSPS) is 13.0. The van der Waals surface area contributed by atoms with E-state index in [4.69, 9.17) is 0 Å². The summed E-state index contributed by atoms with van der Waals surface area (Å²) in [7, 11) is 0. The summed E-state index contributed by atoms with van der Waals surface area (Å²) in [4.78, 5) is 0. The molecule has 1 nitrogen and oxygen atoms in total. The first-order chi connectivity index (χ1) is 19.4. The fourth-order valence-corrected chi connectivity index (χ4v) is 9.81. The van der Waals surface area contributed by atoms with Crippen molar-refractivity contribution in [3.05, 3.63) is 126 Å². The molecule has 0 atom stereocenters. The van der Waals surface area contributed by atoms with Gasteiger partial charge in [-0.25, -0.2) is 0 Å². The van der Waals surface area contributed by atoms with E-state index >= 15 is 0 Å². The Morgan fingerprint density at radius 3 is 1.90 bits per heavy atom. The van der Waals surface area contributed by atoms with Crippen LogP contribution in [0.2, 0.25) is 0 Å². The Labute approximate surface area is 229 Å². The van der Waals surface area contributed by atoms with E-state index in [0.717, 1.165) is 6.42 Å². The van der Waals surface area contributed by atoms with Crippen LogP contribution in [0.15, 0.2) is 115 Å². The Morgan fingerprint density at radius 1 is 0.410 bits per heavy atom. The van der Waals surface area contributed by atoms with E-state index in [1.165, 1.54) is 90.1 Å². The van der Waals surface area contributed by atoms with E-state index < -0.39 is 0 Å². The molecule has 0 saturated carbocycles. The van der Waals surface area contributed by atoms with Crippen molar-refractivity contribution >= 4 is 93.4 Å². The van der Waals surface area contributed by atoms with E-state index in [0.29, 0.717) is 14.5 Å². The van der Waals surface area contributed by atoms with Gasteiger partial charge >= 0.3 is 231 Å². The zero-order valence-corrected chi connectivity index (χ0v) is 22.7. The van der Waals surface area contributed by atoms with Crippen molar-refractivity contribution in [3.8, 4) is 0 Å². The SMILES string of the molecule is c1ccc2c(c1)[se]c1ccc3c(c4cccc5c6cccc7c6c6c(cccc6c6ccccc6n3c54)C7)c12. The second-order valence-electron chi connectivity index (χ2n) is 10.8. The first kappa shape index (κ1) is 20.6. The fraction of sp³-hybridized carbons (Fsp3) is 0.0270. The number of aromatic nitrogens is 1. The van der Waals surface area contributed by atoms with Crippen LogP contribution in [0.1, 0.15) is 11.1 Å². The summed E-state index contributed by atoms with van der Waals surface area (Å²) < 4.78 is 5.56. The molecule has 0 saturated heterocycles. The van der Waals surface area contributed by atoms with Crippen LogP contribution in [0, 0.1) is 0 Å². The van der Waals surface area contributed by atoms with E-state index in [-0.39, 0.29) is 0 Å². The first-order valence-electron chi connectivity index (χ1n) is 13.6. The van der Waals surface area contributed by atoms with Crippen molar-refractivity contribution in [2.24, 2.45) is 0 Å². The molecule has 180 valence electrons. The van der Waals surface area contributed by atoms with Gasteiger partial charge in [0.05, 0.1) is 0 Å². The Morgan fingerprint density at radius 2 is 1.05 bits per heavy atom. The van der Waals surface area contributed by atoms with Crippen molar-refractivity contribution in [1.82, 2.24) is 4.40 Å². The van der Waals surface area contributed by atoms with Crippen molar-refractivity contribution in [2.75, 3.05) is 0 Å². The van der Waals surface area contributed by atoms with Gasteiger partial charge in [0, 0.05) is 0 Å². The second-order valence-corrected chi connectivity index (χ2v) is 13.1. The molecule has 0 unspecified atom stereocenters. The molecule has 1 aliphatic rings. The molecular weight excluding hydrogens is 537 g/mol. The van der Waals surface area contributed by atoms with Crippen molar-refractivity contribution < 1.29 is 0 Å². The number of benzene rings is 6. The minimum atomic E-state index is 0.338. The summed E-state index contributed by atoms with van der Waals surface area (Å²) in [6, 6.07) is 43.7. The molecule has 0 spiro atoms. The molecule has 1 aliphatic carbocycles. The molecular formula is C37H21NSe. The van der Waals surface area contributed by atoms with Crippen LogP contribution in [0.3, 0.4) is 0 Å². The predicted octanol–water partition coefficient (Wildman–Crippen LogP) is 9.54. The monoisotopic (exact) mass is 559 g/mol. The third-order valence-electron chi connectivity index (χ3n) is 8.95. The summed E-state index contributed by atoms with van der Waals surface area (Å²) in [6.45, 7) is 0. The Bertz CT molecular complexity index is 2580. The van der Waals surface area contributed by atoms with Crippen LogP contribution in [0.5, 0.6) is 0 Å². The van der Waals surface area contributed by atoms with Crippen LogP contribution in [0.25, 0.3) is 78.9 Å². The van der Waals surface area contributed by atoms with Gasteiger partial charge in [0.15, 0.2) is 0 Å². The molecule has 0 N–H and O–H groups in total. The van der Waals surface area contributed by atoms with Crippen molar-refractivity contribution in [2.45, 2.75) is 6.42 Å². The molecule has 0 radical (unpaired) electrons. The van der Waals surface area contributed by atoms with Crippen LogP contribution < -0.4 is 0 Å². The molecule has 10 rings (SSSR count). The second kappa shape index (κ2) is 7.18. The summed E-state index contributed by atoms with van der Waals surface area (Å²) in [5, 5.41) is 13.8. The molecule has 0 bridgehead atoms. The van der Waals surface area contributed by atoms with E-state index in [1.54, 1.807) is 0 Å². The molecule has 6 aromatic carbocycles. The van der Waals surface area contributed by atoms with Crippen LogP contribution in [-0.2, 0) is 6.42 Å². The minimum absolute atomic E-state index is 0.338. The molecule has 0 amide bonds. The number of hydrogen-bond acceptors (Lipinski definition) is 0. The third-order valence-corrected chi connectivity index (χ3v) is 11.3. The molecule has 0 aliphatic heterocycles. The molecule has 3 heterocycles. The Hall–Kier alpha value is -4.36. The van der Waals surface area contributed by atoms with Gasteiger partial charge in [0.2, 0.25) is 0 Å². The van der Waals surface area contributed by atoms with Gasteiger partial charge in [0.25, 0.3) is 0 Å². The van der Waals surface area contributed by atoms with Gasteiger partial charge in [-0.05, 0) is 0 Å².